The van der Waals surface area contributed by atoms with E-state index in [1.165, 1.54) is 7.11 Å². The fourth-order valence-electron chi connectivity index (χ4n) is 1.09. The Balaban J connectivity index is 0. The van der Waals surface area contributed by atoms with Crippen LogP contribution in [0.3, 0.4) is 0 Å². The van der Waals surface area contributed by atoms with E-state index >= 15 is 0 Å². The van der Waals surface area contributed by atoms with Crippen molar-refractivity contribution in [3.63, 3.8) is 0 Å². The first-order valence-corrected chi connectivity index (χ1v) is 6.59. The topological polar surface area (TPSA) is 101 Å². The molecule has 0 bridgehead atoms. The number of hydrogen-bond donors (Lipinski definition) is 2. The maximum absolute atomic E-state index is 10.7. The molecule has 0 radical (unpaired) electrons. The van der Waals surface area contributed by atoms with Gasteiger partial charge in [-0.15, -0.1) is 0 Å². The number of esters is 1. The van der Waals surface area contributed by atoms with Crippen LogP contribution in [-0.2, 0) is 19.1 Å². The normalized spacial score (nSPS) is 10.9. The molecule has 6 heteroatoms. The number of ether oxygens (including phenoxy) is 1. The molecular formula is C16H22O6. The monoisotopic (exact) mass is 310 g/mol. The minimum Gasteiger partial charge on any atom is -0.478 e. The van der Waals surface area contributed by atoms with Gasteiger partial charge in [0.05, 0.1) is 7.11 Å². The van der Waals surface area contributed by atoms with Crippen LogP contribution in [0.2, 0.25) is 0 Å². The van der Waals surface area contributed by atoms with Crippen molar-refractivity contribution in [1.82, 2.24) is 0 Å². The number of unbranched alkanes of at least 4 members (excludes halogenated alkanes) is 1. The lowest BCUT2D eigenvalue weighted by Gasteiger charge is -1.98. The van der Waals surface area contributed by atoms with Crippen molar-refractivity contribution < 1.29 is 29.3 Å². The summed E-state index contributed by atoms with van der Waals surface area (Å²) in [5, 5.41) is 16.7. The van der Waals surface area contributed by atoms with Crippen LogP contribution < -0.4 is 0 Å². The molecule has 0 aromatic rings. The van der Waals surface area contributed by atoms with Crippen LogP contribution in [0.5, 0.6) is 0 Å². The Morgan fingerprint density at radius 1 is 1.14 bits per heavy atom. The van der Waals surface area contributed by atoms with Crippen LogP contribution >= 0.6 is 0 Å². The van der Waals surface area contributed by atoms with Gasteiger partial charge in [-0.1, -0.05) is 44.2 Å². The zero-order chi connectivity index (χ0) is 17.4. The number of carboxylic acids is 2. The zero-order valence-electron chi connectivity index (χ0n) is 12.8. The molecule has 0 atom stereocenters. The molecule has 0 unspecified atom stereocenters. The third kappa shape index (κ3) is 15.4. The zero-order valence-corrected chi connectivity index (χ0v) is 12.8. The molecule has 0 saturated heterocycles. The quantitative estimate of drug-likeness (QED) is 0.406. The van der Waals surface area contributed by atoms with Gasteiger partial charge >= 0.3 is 17.9 Å². The van der Waals surface area contributed by atoms with Gasteiger partial charge < -0.3 is 14.9 Å². The number of carboxylic acid groups (broad SMARTS) is 2. The fraction of sp³-hybridized carbons (Fsp3) is 0.312. The number of carbonyl (C=O) groups is 3. The predicted molar refractivity (Wildman–Crippen MR) is 83.4 cm³/mol. The first-order chi connectivity index (χ1) is 10.4. The van der Waals surface area contributed by atoms with Crippen LogP contribution in [0, 0.1) is 0 Å². The molecule has 0 aliphatic rings. The molecule has 6 nitrogen and oxygen atoms in total. The average molecular weight is 310 g/mol. The van der Waals surface area contributed by atoms with Crippen LogP contribution in [0.15, 0.2) is 48.6 Å². The van der Waals surface area contributed by atoms with Gasteiger partial charge in [0.1, 0.15) is 0 Å². The van der Waals surface area contributed by atoms with E-state index < -0.39 is 17.9 Å². The molecule has 0 spiro atoms. The van der Waals surface area contributed by atoms with Crippen LogP contribution in [0.1, 0.15) is 26.2 Å². The summed E-state index contributed by atoms with van der Waals surface area (Å²) in [5.74, 6) is -2.67. The second-order valence-corrected chi connectivity index (χ2v) is 3.92. The molecule has 2 N–H and O–H groups in total. The van der Waals surface area contributed by atoms with Gasteiger partial charge in [0.25, 0.3) is 0 Å². The van der Waals surface area contributed by atoms with Crippen molar-refractivity contribution in [3.05, 3.63) is 48.6 Å². The van der Waals surface area contributed by atoms with Crippen LogP contribution in [0.4, 0.5) is 0 Å². The molecule has 0 aliphatic carbocycles. The second-order valence-electron chi connectivity index (χ2n) is 3.92. The Morgan fingerprint density at radius 2 is 1.77 bits per heavy atom. The van der Waals surface area contributed by atoms with Gasteiger partial charge in [0.15, 0.2) is 0 Å². The minimum atomic E-state index is -1.17. The van der Waals surface area contributed by atoms with Crippen molar-refractivity contribution in [2.75, 3.05) is 7.11 Å². The van der Waals surface area contributed by atoms with E-state index in [-0.39, 0.29) is 0 Å². The Morgan fingerprint density at radius 3 is 2.18 bits per heavy atom. The molecule has 122 valence electrons. The number of hydrogen-bond acceptors (Lipinski definition) is 4. The van der Waals surface area contributed by atoms with Gasteiger partial charge in [-0.2, -0.15) is 0 Å². The number of carbonyl (C=O) groups excluding carboxylic acids is 1. The Labute approximate surface area is 130 Å². The Bertz CT molecular complexity index is 457. The highest BCUT2D eigenvalue weighted by atomic mass is 16.5. The minimum absolute atomic E-state index is 0.458. The van der Waals surface area contributed by atoms with Crippen molar-refractivity contribution in [1.29, 1.82) is 0 Å². The van der Waals surface area contributed by atoms with E-state index in [0.717, 1.165) is 18.9 Å². The molecule has 0 heterocycles. The highest BCUT2D eigenvalue weighted by Crippen LogP contribution is 2.07. The molecule has 0 rings (SSSR count). The maximum Gasteiger partial charge on any atom is 0.331 e. The lowest BCUT2D eigenvalue weighted by molar-refractivity contribution is -0.136. The molecule has 0 aromatic carbocycles. The summed E-state index contributed by atoms with van der Waals surface area (Å²) >= 11 is 0. The average Bonchev–Trinajstić information content (AvgIpc) is 2.48. The van der Waals surface area contributed by atoms with Crippen molar-refractivity contribution in [2.24, 2.45) is 0 Å². The number of rotatable bonds is 8. The fourth-order valence-corrected chi connectivity index (χ4v) is 1.09. The van der Waals surface area contributed by atoms with Crippen LogP contribution in [-0.4, -0.2) is 35.2 Å². The lowest BCUT2D eigenvalue weighted by atomic mass is 10.1. The highest BCUT2D eigenvalue weighted by molar-refractivity contribution is 5.90. The van der Waals surface area contributed by atoms with Crippen LogP contribution in [0.25, 0.3) is 0 Å². The molecule has 0 saturated carbocycles. The molecule has 0 aromatic heterocycles. The first kappa shape index (κ1) is 21.7. The summed E-state index contributed by atoms with van der Waals surface area (Å²) in [5.41, 5.74) is 0.458. The van der Waals surface area contributed by atoms with Crippen molar-refractivity contribution >= 4 is 17.9 Å². The second kappa shape index (κ2) is 14.8. The number of allylic oxidation sites excluding steroid dienone is 4. The molecule has 22 heavy (non-hydrogen) atoms. The lowest BCUT2D eigenvalue weighted by Crippen LogP contribution is -1.99. The Kier molecular flexibility index (Phi) is 14.5. The highest BCUT2D eigenvalue weighted by Gasteiger charge is 2.03. The smallest absolute Gasteiger partial charge is 0.331 e. The first-order valence-electron chi connectivity index (χ1n) is 6.59. The van der Waals surface area contributed by atoms with E-state index in [2.05, 4.69) is 11.3 Å². The number of aliphatic carboxylic acids is 2. The van der Waals surface area contributed by atoms with Gasteiger partial charge in [-0.05, 0) is 12.8 Å². The number of methoxy groups -OCH3 is 1. The summed E-state index contributed by atoms with van der Waals surface area (Å²) in [6.07, 6.45) is 10.8. The Hall–Kier alpha value is -2.63. The van der Waals surface area contributed by atoms with Crippen molar-refractivity contribution in [2.45, 2.75) is 26.2 Å². The largest absolute Gasteiger partial charge is 0.478 e. The SMILES string of the molecule is C=CC=CC=C(CCCC)C(=O)O.COC(=O)/C=C\C(=O)O. The van der Waals surface area contributed by atoms with E-state index in [1.807, 2.05) is 6.92 Å². The van der Waals surface area contributed by atoms with Crippen molar-refractivity contribution in [3.8, 4) is 0 Å². The molecular weight excluding hydrogens is 288 g/mol. The van der Waals surface area contributed by atoms with Gasteiger partial charge in [-0.3, -0.25) is 0 Å². The standard InChI is InChI=1S/C11H16O2.C5H6O4/c1-3-5-7-9-10(11(12)13)8-6-4-2;1-9-5(8)3-2-4(6)7/h3,5,7,9H,1,4,6,8H2,2H3,(H,12,13);2-3H,1H3,(H,6,7)/b;3-2-. The van der Waals surface area contributed by atoms with E-state index in [4.69, 9.17) is 10.2 Å². The third-order valence-corrected chi connectivity index (χ3v) is 2.18. The maximum atomic E-state index is 10.7. The van der Waals surface area contributed by atoms with Gasteiger partial charge in [-0.25, -0.2) is 14.4 Å². The summed E-state index contributed by atoms with van der Waals surface area (Å²) < 4.78 is 4.11. The van der Waals surface area contributed by atoms with Gasteiger partial charge in [0.2, 0.25) is 0 Å². The third-order valence-electron chi connectivity index (χ3n) is 2.18. The predicted octanol–water partition coefficient (Wildman–Crippen LogP) is 2.73. The summed E-state index contributed by atoms with van der Waals surface area (Å²) in [7, 11) is 1.18. The molecule has 0 fully saturated rings. The molecule has 0 amide bonds. The van der Waals surface area contributed by atoms with Gasteiger partial charge in [0, 0.05) is 17.7 Å². The van der Waals surface area contributed by atoms with E-state index in [0.29, 0.717) is 18.1 Å². The summed E-state index contributed by atoms with van der Waals surface area (Å²) in [6.45, 7) is 5.54. The summed E-state index contributed by atoms with van der Waals surface area (Å²) in [4.78, 5) is 30.5. The van der Waals surface area contributed by atoms with E-state index in [1.54, 1.807) is 24.3 Å². The molecule has 0 aliphatic heterocycles. The summed E-state index contributed by atoms with van der Waals surface area (Å²) in [6, 6.07) is 0. The van der Waals surface area contributed by atoms with E-state index in [9.17, 15) is 14.4 Å².